The second kappa shape index (κ2) is 8.22. The zero-order valence-electron chi connectivity index (χ0n) is 12.2. The van der Waals surface area contributed by atoms with Crippen molar-refractivity contribution >= 4 is 17.5 Å². The van der Waals surface area contributed by atoms with Gasteiger partial charge in [0, 0.05) is 30.2 Å². The van der Waals surface area contributed by atoms with Gasteiger partial charge in [0.05, 0.1) is 13.2 Å². The van der Waals surface area contributed by atoms with E-state index in [0.717, 1.165) is 24.3 Å². The number of carbonyl (C=O) groups is 1. The van der Waals surface area contributed by atoms with Gasteiger partial charge in [-0.25, -0.2) is 0 Å². The number of halogens is 1. The lowest BCUT2D eigenvalue weighted by molar-refractivity contribution is -0.134. The van der Waals surface area contributed by atoms with Crippen LogP contribution >= 0.6 is 11.6 Å². The highest BCUT2D eigenvalue weighted by Crippen LogP contribution is 2.23. The van der Waals surface area contributed by atoms with Crippen molar-refractivity contribution in [3.8, 4) is 5.75 Å². The fraction of sp³-hybridized carbons (Fsp3) is 0.533. The van der Waals surface area contributed by atoms with Gasteiger partial charge in [-0.1, -0.05) is 18.5 Å². The average molecular weight is 313 g/mol. The quantitative estimate of drug-likeness (QED) is 0.840. The summed E-state index contributed by atoms with van der Waals surface area (Å²) in [5.41, 5.74) is 0.869. The summed E-state index contributed by atoms with van der Waals surface area (Å²) in [5, 5.41) is 6.62. The maximum Gasteiger partial charge on any atom is 0.250 e. The van der Waals surface area contributed by atoms with E-state index in [-0.39, 0.29) is 5.91 Å². The van der Waals surface area contributed by atoms with E-state index in [4.69, 9.17) is 21.1 Å². The SMILES string of the molecule is CCCOc1ccc(Cl)cc1CNC(=O)C1CNCCO1. The third-order valence-corrected chi connectivity index (χ3v) is 3.39. The van der Waals surface area contributed by atoms with Crippen molar-refractivity contribution in [3.05, 3.63) is 28.8 Å². The normalized spacial score (nSPS) is 18.3. The van der Waals surface area contributed by atoms with E-state index in [9.17, 15) is 4.79 Å². The third-order valence-electron chi connectivity index (χ3n) is 3.16. The first-order valence-corrected chi connectivity index (χ1v) is 7.59. The van der Waals surface area contributed by atoms with Crippen molar-refractivity contribution in [1.82, 2.24) is 10.6 Å². The lowest BCUT2D eigenvalue weighted by atomic mass is 10.2. The Labute approximate surface area is 130 Å². The predicted octanol–water partition coefficient (Wildman–Crippen LogP) is 1.73. The topological polar surface area (TPSA) is 59.6 Å². The monoisotopic (exact) mass is 312 g/mol. The van der Waals surface area contributed by atoms with Crippen LogP contribution in [-0.4, -0.2) is 38.3 Å². The minimum atomic E-state index is -0.432. The van der Waals surface area contributed by atoms with E-state index in [2.05, 4.69) is 10.6 Å². The molecule has 0 aromatic heterocycles. The first-order valence-electron chi connectivity index (χ1n) is 7.22. The number of amides is 1. The molecule has 1 aromatic carbocycles. The Kier molecular flexibility index (Phi) is 6.29. The van der Waals surface area contributed by atoms with Gasteiger partial charge in [0.2, 0.25) is 0 Å². The summed E-state index contributed by atoms with van der Waals surface area (Å²) in [6, 6.07) is 5.43. The minimum absolute atomic E-state index is 0.122. The fourth-order valence-electron chi connectivity index (χ4n) is 2.07. The number of nitrogens with one attached hydrogen (secondary N) is 2. The van der Waals surface area contributed by atoms with Crippen LogP contribution in [0.2, 0.25) is 5.02 Å². The lowest BCUT2D eigenvalue weighted by Crippen LogP contribution is -2.47. The van der Waals surface area contributed by atoms with Gasteiger partial charge < -0.3 is 20.1 Å². The summed E-state index contributed by atoms with van der Waals surface area (Å²) < 4.78 is 11.1. The van der Waals surface area contributed by atoms with E-state index < -0.39 is 6.10 Å². The van der Waals surface area contributed by atoms with E-state index >= 15 is 0 Å². The number of benzene rings is 1. The molecule has 0 bridgehead atoms. The molecule has 5 nitrogen and oxygen atoms in total. The standard InChI is InChI=1S/C15H21ClN2O3/c1-2-6-20-13-4-3-12(16)8-11(13)9-18-15(19)14-10-17-5-7-21-14/h3-4,8,14,17H,2,5-7,9-10H2,1H3,(H,18,19). The average Bonchev–Trinajstić information content (AvgIpc) is 2.52. The van der Waals surface area contributed by atoms with Gasteiger partial charge in [0.25, 0.3) is 5.91 Å². The van der Waals surface area contributed by atoms with Crippen molar-refractivity contribution < 1.29 is 14.3 Å². The molecule has 1 aliphatic rings. The molecule has 2 N–H and O–H groups in total. The summed E-state index contributed by atoms with van der Waals surface area (Å²) in [7, 11) is 0. The first kappa shape index (κ1) is 16.1. The van der Waals surface area contributed by atoms with Crippen LogP contribution in [0.5, 0.6) is 5.75 Å². The van der Waals surface area contributed by atoms with Crippen LogP contribution in [0.3, 0.4) is 0 Å². The summed E-state index contributed by atoms with van der Waals surface area (Å²) >= 11 is 6.01. The Hall–Kier alpha value is -1.30. The van der Waals surface area contributed by atoms with E-state index in [1.54, 1.807) is 6.07 Å². The fourth-order valence-corrected chi connectivity index (χ4v) is 2.26. The molecule has 1 heterocycles. The molecule has 1 saturated heterocycles. The molecule has 0 spiro atoms. The molecule has 1 atom stereocenters. The molecule has 1 fully saturated rings. The summed E-state index contributed by atoms with van der Waals surface area (Å²) in [6.45, 7) is 4.94. The highest BCUT2D eigenvalue weighted by Gasteiger charge is 2.21. The van der Waals surface area contributed by atoms with Crippen molar-refractivity contribution in [2.45, 2.75) is 26.0 Å². The number of morpholine rings is 1. The molecule has 1 unspecified atom stereocenters. The smallest absolute Gasteiger partial charge is 0.250 e. The Bertz CT molecular complexity index is 476. The number of rotatable bonds is 6. The molecule has 0 aliphatic carbocycles. The number of ether oxygens (including phenoxy) is 2. The molecule has 21 heavy (non-hydrogen) atoms. The first-order chi connectivity index (χ1) is 10.2. The van der Waals surface area contributed by atoms with E-state index in [1.165, 1.54) is 0 Å². The Morgan fingerprint density at radius 2 is 2.43 bits per heavy atom. The van der Waals surface area contributed by atoms with Gasteiger partial charge in [0.15, 0.2) is 0 Å². The Morgan fingerprint density at radius 3 is 3.14 bits per heavy atom. The van der Waals surface area contributed by atoms with Crippen LogP contribution in [0, 0.1) is 0 Å². The van der Waals surface area contributed by atoms with Crippen LogP contribution < -0.4 is 15.4 Å². The summed E-state index contributed by atoms with van der Waals surface area (Å²) in [6.07, 6.45) is 0.494. The van der Waals surface area contributed by atoms with Crippen LogP contribution in [-0.2, 0) is 16.1 Å². The highest BCUT2D eigenvalue weighted by molar-refractivity contribution is 6.30. The third kappa shape index (κ3) is 4.88. The van der Waals surface area contributed by atoms with Crippen molar-refractivity contribution in [2.24, 2.45) is 0 Å². The van der Waals surface area contributed by atoms with Crippen LogP contribution in [0.15, 0.2) is 18.2 Å². The molecular weight excluding hydrogens is 292 g/mol. The molecule has 1 aromatic rings. The van der Waals surface area contributed by atoms with Crippen molar-refractivity contribution in [3.63, 3.8) is 0 Å². The molecule has 6 heteroatoms. The van der Waals surface area contributed by atoms with Crippen molar-refractivity contribution in [1.29, 1.82) is 0 Å². The largest absolute Gasteiger partial charge is 0.493 e. The minimum Gasteiger partial charge on any atom is -0.493 e. The Balaban J connectivity index is 1.94. The molecule has 1 aliphatic heterocycles. The molecule has 0 radical (unpaired) electrons. The van der Waals surface area contributed by atoms with Gasteiger partial charge in [-0.2, -0.15) is 0 Å². The Morgan fingerprint density at radius 1 is 1.57 bits per heavy atom. The highest BCUT2D eigenvalue weighted by atomic mass is 35.5. The number of hydrogen-bond acceptors (Lipinski definition) is 4. The van der Waals surface area contributed by atoms with Crippen LogP contribution in [0.1, 0.15) is 18.9 Å². The zero-order valence-corrected chi connectivity index (χ0v) is 12.9. The second-order valence-corrected chi connectivity index (χ2v) is 5.32. The molecule has 2 rings (SSSR count). The maximum atomic E-state index is 12.0. The maximum absolute atomic E-state index is 12.0. The zero-order chi connectivity index (χ0) is 15.1. The van der Waals surface area contributed by atoms with Gasteiger partial charge in [-0.05, 0) is 24.6 Å². The predicted molar refractivity (Wildman–Crippen MR) is 81.7 cm³/mol. The lowest BCUT2D eigenvalue weighted by Gasteiger charge is -2.23. The molecule has 0 saturated carbocycles. The summed E-state index contributed by atoms with van der Waals surface area (Å²) in [5.74, 6) is 0.632. The van der Waals surface area contributed by atoms with Crippen LogP contribution in [0.25, 0.3) is 0 Å². The van der Waals surface area contributed by atoms with Crippen LogP contribution in [0.4, 0.5) is 0 Å². The number of carbonyl (C=O) groups excluding carboxylic acids is 1. The summed E-state index contributed by atoms with van der Waals surface area (Å²) in [4.78, 5) is 12.0. The molecular formula is C15H21ClN2O3. The van der Waals surface area contributed by atoms with Gasteiger partial charge in [-0.3, -0.25) is 4.79 Å². The molecule has 116 valence electrons. The second-order valence-electron chi connectivity index (χ2n) is 4.88. The number of hydrogen-bond donors (Lipinski definition) is 2. The van der Waals surface area contributed by atoms with Gasteiger partial charge in [-0.15, -0.1) is 0 Å². The molecule has 1 amide bonds. The van der Waals surface area contributed by atoms with Crippen molar-refractivity contribution in [2.75, 3.05) is 26.3 Å². The van der Waals surface area contributed by atoms with E-state index in [1.807, 2.05) is 19.1 Å². The van der Waals surface area contributed by atoms with E-state index in [0.29, 0.717) is 31.3 Å². The van der Waals surface area contributed by atoms with Gasteiger partial charge >= 0.3 is 0 Å². The van der Waals surface area contributed by atoms with Gasteiger partial charge in [0.1, 0.15) is 11.9 Å².